The highest BCUT2D eigenvalue weighted by Crippen LogP contribution is 2.33. The van der Waals surface area contributed by atoms with E-state index in [1.807, 2.05) is 0 Å². The SMILES string of the molecule is FC(F)(F)c1cc(S)ccc1CCl. The number of thiol groups is 1. The molecule has 0 radical (unpaired) electrons. The van der Waals surface area contributed by atoms with Gasteiger partial charge in [-0.05, 0) is 17.7 Å². The van der Waals surface area contributed by atoms with Crippen LogP contribution < -0.4 is 0 Å². The summed E-state index contributed by atoms with van der Waals surface area (Å²) in [5.74, 6) is -0.150. The fourth-order valence-corrected chi connectivity index (χ4v) is 1.38. The summed E-state index contributed by atoms with van der Waals surface area (Å²) in [5, 5.41) is 0. The van der Waals surface area contributed by atoms with Gasteiger partial charge in [-0.25, -0.2) is 0 Å². The Kier molecular flexibility index (Phi) is 3.14. The van der Waals surface area contributed by atoms with E-state index in [0.717, 1.165) is 6.07 Å². The molecule has 5 heteroatoms. The van der Waals surface area contributed by atoms with Crippen molar-refractivity contribution < 1.29 is 13.2 Å². The van der Waals surface area contributed by atoms with Crippen LogP contribution in [-0.4, -0.2) is 0 Å². The molecule has 0 aliphatic heterocycles. The minimum absolute atomic E-state index is 0.0759. The molecule has 0 bridgehead atoms. The molecule has 0 atom stereocenters. The van der Waals surface area contributed by atoms with Crippen LogP contribution in [0.2, 0.25) is 0 Å². The second kappa shape index (κ2) is 3.80. The summed E-state index contributed by atoms with van der Waals surface area (Å²) < 4.78 is 37.0. The molecule has 1 aromatic carbocycles. The molecule has 72 valence electrons. The Morgan fingerprint density at radius 3 is 2.38 bits per heavy atom. The van der Waals surface area contributed by atoms with Crippen molar-refractivity contribution in [1.82, 2.24) is 0 Å². The Bertz CT molecular complexity index is 309. The summed E-state index contributed by atoms with van der Waals surface area (Å²) in [6.07, 6.45) is -4.36. The summed E-state index contributed by atoms with van der Waals surface area (Å²) >= 11 is 9.19. The molecule has 0 aliphatic rings. The van der Waals surface area contributed by atoms with E-state index in [1.54, 1.807) is 0 Å². The van der Waals surface area contributed by atoms with E-state index < -0.39 is 11.7 Å². The van der Waals surface area contributed by atoms with Gasteiger partial charge in [-0.15, -0.1) is 24.2 Å². The highest BCUT2D eigenvalue weighted by atomic mass is 35.5. The van der Waals surface area contributed by atoms with Crippen molar-refractivity contribution in [2.45, 2.75) is 17.0 Å². The second-order valence-electron chi connectivity index (χ2n) is 2.47. The third kappa shape index (κ3) is 2.54. The first-order chi connectivity index (χ1) is 5.95. The topological polar surface area (TPSA) is 0 Å². The fourth-order valence-electron chi connectivity index (χ4n) is 0.945. The maximum absolute atomic E-state index is 12.3. The van der Waals surface area contributed by atoms with Gasteiger partial charge in [0.15, 0.2) is 0 Å². The third-order valence-electron chi connectivity index (χ3n) is 1.54. The van der Waals surface area contributed by atoms with E-state index >= 15 is 0 Å². The van der Waals surface area contributed by atoms with E-state index in [2.05, 4.69) is 12.6 Å². The highest BCUT2D eigenvalue weighted by molar-refractivity contribution is 7.80. The van der Waals surface area contributed by atoms with Gasteiger partial charge < -0.3 is 0 Å². The Morgan fingerprint density at radius 2 is 1.92 bits per heavy atom. The Labute approximate surface area is 84.1 Å². The van der Waals surface area contributed by atoms with Crippen LogP contribution in [0.1, 0.15) is 11.1 Å². The number of halogens is 4. The number of hydrogen-bond acceptors (Lipinski definition) is 1. The van der Waals surface area contributed by atoms with Crippen molar-refractivity contribution in [2.24, 2.45) is 0 Å². The van der Waals surface area contributed by atoms with Crippen molar-refractivity contribution in [3.8, 4) is 0 Å². The maximum atomic E-state index is 12.3. The normalized spacial score (nSPS) is 11.8. The van der Waals surface area contributed by atoms with E-state index in [0.29, 0.717) is 0 Å². The first kappa shape index (κ1) is 10.7. The molecule has 1 aromatic rings. The number of benzene rings is 1. The van der Waals surface area contributed by atoms with Gasteiger partial charge >= 0.3 is 6.18 Å². The van der Waals surface area contributed by atoms with Crippen LogP contribution >= 0.6 is 24.2 Å². The van der Waals surface area contributed by atoms with Gasteiger partial charge in [0.05, 0.1) is 5.56 Å². The van der Waals surface area contributed by atoms with E-state index in [-0.39, 0.29) is 16.3 Å². The minimum atomic E-state index is -4.36. The average Bonchev–Trinajstić information content (AvgIpc) is 2.03. The lowest BCUT2D eigenvalue weighted by Crippen LogP contribution is -2.08. The molecule has 0 N–H and O–H groups in total. The Morgan fingerprint density at radius 1 is 1.31 bits per heavy atom. The van der Waals surface area contributed by atoms with E-state index in [4.69, 9.17) is 11.6 Å². The maximum Gasteiger partial charge on any atom is 0.416 e. The Hall–Kier alpha value is -0.350. The molecule has 0 saturated heterocycles. The van der Waals surface area contributed by atoms with Crippen molar-refractivity contribution in [3.63, 3.8) is 0 Å². The molecule has 0 saturated carbocycles. The predicted molar refractivity (Wildman–Crippen MR) is 48.3 cm³/mol. The molecule has 0 fully saturated rings. The van der Waals surface area contributed by atoms with Crippen molar-refractivity contribution in [1.29, 1.82) is 0 Å². The number of rotatable bonds is 1. The monoisotopic (exact) mass is 226 g/mol. The number of alkyl halides is 4. The zero-order valence-corrected chi connectivity index (χ0v) is 8.05. The van der Waals surface area contributed by atoms with Gasteiger partial charge in [0.25, 0.3) is 0 Å². The highest BCUT2D eigenvalue weighted by Gasteiger charge is 2.32. The van der Waals surface area contributed by atoms with Crippen LogP contribution in [0.15, 0.2) is 23.1 Å². The summed E-state index contributed by atoms with van der Waals surface area (Å²) in [5.41, 5.74) is -0.637. The molecule has 0 amide bonds. The molecular weight excluding hydrogens is 221 g/mol. The Balaban J connectivity index is 3.24. The molecule has 0 heterocycles. The lowest BCUT2D eigenvalue weighted by molar-refractivity contribution is -0.138. The lowest BCUT2D eigenvalue weighted by Gasteiger charge is -2.11. The molecule has 0 spiro atoms. The van der Waals surface area contributed by atoms with Crippen LogP contribution in [0.25, 0.3) is 0 Å². The van der Waals surface area contributed by atoms with Gasteiger partial charge in [0.2, 0.25) is 0 Å². The summed E-state index contributed by atoms with van der Waals surface area (Å²) in [4.78, 5) is 0.279. The van der Waals surface area contributed by atoms with Crippen LogP contribution in [0.3, 0.4) is 0 Å². The van der Waals surface area contributed by atoms with Gasteiger partial charge in [-0.2, -0.15) is 13.2 Å². The fraction of sp³-hybridized carbons (Fsp3) is 0.250. The molecule has 0 nitrogen and oxygen atoms in total. The van der Waals surface area contributed by atoms with E-state index in [1.165, 1.54) is 12.1 Å². The van der Waals surface area contributed by atoms with E-state index in [9.17, 15) is 13.2 Å². The van der Waals surface area contributed by atoms with Gasteiger partial charge in [0.1, 0.15) is 0 Å². The van der Waals surface area contributed by atoms with Crippen LogP contribution in [0.4, 0.5) is 13.2 Å². The van der Waals surface area contributed by atoms with Crippen molar-refractivity contribution in [2.75, 3.05) is 0 Å². The number of hydrogen-bond donors (Lipinski definition) is 1. The predicted octanol–water partition coefficient (Wildman–Crippen LogP) is 3.73. The minimum Gasteiger partial charge on any atom is -0.166 e. The largest absolute Gasteiger partial charge is 0.416 e. The zero-order chi connectivity index (χ0) is 10.1. The van der Waals surface area contributed by atoms with Crippen molar-refractivity contribution in [3.05, 3.63) is 29.3 Å². The summed E-state index contributed by atoms with van der Waals surface area (Å²) in [6.45, 7) is 0. The summed E-state index contributed by atoms with van der Waals surface area (Å²) in [7, 11) is 0. The smallest absolute Gasteiger partial charge is 0.166 e. The molecule has 0 aromatic heterocycles. The average molecular weight is 227 g/mol. The van der Waals surface area contributed by atoms with Gasteiger partial charge in [0, 0.05) is 10.8 Å². The second-order valence-corrected chi connectivity index (χ2v) is 3.26. The quantitative estimate of drug-likeness (QED) is 0.548. The first-order valence-corrected chi connectivity index (χ1v) is 4.38. The van der Waals surface area contributed by atoms with Gasteiger partial charge in [-0.3, -0.25) is 0 Å². The van der Waals surface area contributed by atoms with Crippen molar-refractivity contribution >= 4 is 24.2 Å². The molecule has 0 aliphatic carbocycles. The first-order valence-electron chi connectivity index (χ1n) is 3.40. The zero-order valence-electron chi connectivity index (χ0n) is 6.40. The lowest BCUT2D eigenvalue weighted by atomic mass is 10.1. The standard InChI is InChI=1S/C8H6ClF3S/c9-4-5-1-2-6(13)3-7(5)8(10,11)12/h1-3,13H,4H2. The van der Waals surface area contributed by atoms with Crippen LogP contribution in [0, 0.1) is 0 Å². The third-order valence-corrected chi connectivity index (χ3v) is 2.11. The molecule has 0 unspecified atom stereocenters. The molecular formula is C8H6ClF3S. The molecule has 1 rings (SSSR count). The summed E-state index contributed by atoms with van der Waals surface area (Å²) in [6, 6.07) is 3.79. The molecule has 13 heavy (non-hydrogen) atoms. The van der Waals surface area contributed by atoms with Crippen LogP contribution in [-0.2, 0) is 12.1 Å². The van der Waals surface area contributed by atoms with Gasteiger partial charge in [-0.1, -0.05) is 6.07 Å². The van der Waals surface area contributed by atoms with Crippen LogP contribution in [0.5, 0.6) is 0 Å².